The molecule has 0 aliphatic heterocycles. The molecule has 0 unspecified atom stereocenters. The Morgan fingerprint density at radius 3 is 2.89 bits per heavy atom. The topological polar surface area (TPSA) is 46.4 Å². The van der Waals surface area contributed by atoms with Gasteiger partial charge in [0, 0.05) is 37.8 Å². The van der Waals surface area contributed by atoms with E-state index in [4.69, 9.17) is 0 Å². The molecule has 4 nitrogen and oxygen atoms in total. The highest BCUT2D eigenvalue weighted by atomic mass is 79.9. The summed E-state index contributed by atoms with van der Waals surface area (Å²) in [6.07, 6.45) is 4.01. The highest BCUT2D eigenvalue weighted by Gasteiger charge is 2.12. The van der Waals surface area contributed by atoms with Crippen LogP contribution in [0.1, 0.15) is 20.9 Å². The Labute approximate surface area is 173 Å². The third kappa shape index (κ3) is 4.43. The molecule has 1 aromatic carbocycles. The van der Waals surface area contributed by atoms with Gasteiger partial charge in [0.2, 0.25) is 0 Å². The molecule has 1 N–H and O–H groups in total. The van der Waals surface area contributed by atoms with Crippen molar-refractivity contribution in [2.75, 3.05) is 0 Å². The number of rotatable bonds is 6. The first-order chi connectivity index (χ1) is 13.2. The van der Waals surface area contributed by atoms with Crippen molar-refractivity contribution in [2.45, 2.75) is 17.2 Å². The van der Waals surface area contributed by atoms with E-state index in [0.717, 1.165) is 25.6 Å². The highest BCUT2D eigenvalue weighted by Crippen LogP contribution is 2.26. The van der Waals surface area contributed by atoms with Crippen molar-refractivity contribution in [3.05, 3.63) is 86.9 Å². The second-order valence-corrected chi connectivity index (χ2v) is 8.83. The molecule has 3 aromatic heterocycles. The Balaban J connectivity index is 1.44. The number of amides is 1. The number of benzene rings is 1. The molecule has 0 radical (unpaired) electrons. The lowest BCUT2D eigenvalue weighted by Gasteiger charge is -2.09. The molecule has 0 aliphatic rings. The van der Waals surface area contributed by atoms with E-state index in [0.29, 0.717) is 17.9 Å². The number of thiophene rings is 1. The second-order valence-electron chi connectivity index (χ2n) is 5.90. The van der Waals surface area contributed by atoms with Gasteiger partial charge in [0.1, 0.15) is 5.65 Å². The zero-order valence-corrected chi connectivity index (χ0v) is 17.5. The van der Waals surface area contributed by atoms with Crippen LogP contribution in [0, 0.1) is 0 Å². The number of nitrogens with one attached hydrogen (secondary N) is 1. The van der Waals surface area contributed by atoms with Crippen LogP contribution in [-0.4, -0.2) is 15.3 Å². The summed E-state index contributed by atoms with van der Waals surface area (Å²) in [4.78, 5) is 19.3. The van der Waals surface area contributed by atoms with Crippen LogP contribution in [0.15, 0.2) is 75.7 Å². The first kappa shape index (κ1) is 18.3. The number of imidazole rings is 1. The Kier molecular flexibility index (Phi) is 5.61. The minimum absolute atomic E-state index is 0.0578. The largest absolute Gasteiger partial charge is 0.347 e. The number of pyridine rings is 1. The van der Waals surface area contributed by atoms with Crippen molar-refractivity contribution >= 4 is 50.6 Å². The van der Waals surface area contributed by atoms with Crippen LogP contribution < -0.4 is 5.32 Å². The smallest absolute Gasteiger partial charge is 0.252 e. The van der Waals surface area contributed by atoms with Crippen LogP contribution in [-0.2, 0) is 12.3 Å². The van der Waals surface area contributed by atoms with Gasteiger partial charge in [-0.05, 0) is 46.3 Å². The maximum Gasteiger partial charge on any atom is 0.252 e. The Hall–Kier alpha value is -2.09. The highest BCUT2D eigenvalue weighted by molar-refractivity contribution is 9.10. The lowest BCUT2D eigenvalue weighted by molar-refractivity contribution is 0.0948. The average molecular weight is 458 g/mol. The Morgan fingerprint density at radius 2 is 2.07 bits per heavy atom. The molecular formula is C20H16BrN3OS2. The van der Waals surface area contributed by atoms with Crippen molar-refractivity contribution in [2.24, 2.45) is 0 Å². The molecule has 0 atom stereocenters. The summed E-state index contributed by atoms with van der Waals surface area (Å²) in [5, 5.41) is 5.02. The van der Waals surface area contributed by atoms with Crippen LogP contribution in [0.5, 0.6) is 0 Å². The number of aromatic nitrogens is 2. The van der Waals surface area contributed by atoms with Crippen molar-refractivity contribution in [3.63, 3.8) is 0 Å². The van der Waals surface area contributed by atoms with Crippen LogP contribution in [0.2, 0.25) is 0 Å². The first-order valence-corrected chi connectivity index (χ1v) is 11.0. The fraction of sp³-hybridized carbons (Fsp3) is 0.100. The van der Waals surface area contributed by atoms with E-state index >= 15 is 0 Å². The molecule has 0 bridgehead atoms. The lowest BCUT2D eigenvalue weighted by atomic mass is 10.2. The predicted octanol–water partition coefficient (Wildman–Crippen LogP) is 5.38. The molecule has 27 heavy (non-hydrogen) atoms. The molecule has 7 heteroatoms. The van der Waals surface area contributed by atoms with Crippen LogP contribution >= 0.6 is 39.0 Å². The summed E-state index contributed by atoms with van der Waals surface area (Å²) in [6, 6.07) is 15.7. The van der Waals surface area contributed by atoms with Gasteiger partial charge in [0.15, 0.2) is 0 Å². The van der Waals surface area contributed by atoms with Gasteiger partial charge >= 0.3 is 0 Å². The van der Waals surface area contributed by atoms with Gasteiger partial charge in [-0.25, -0.2) is 4.98 Å². The van der Waals surface area contributed by atoms with Crippen molar-refractivity contribution in [3.8, 4) is 0 Å². The van der Waals surface area contributed by atoms with Crippen molar-refractivity contribution < 1.29 is 4.79 Å². The number of hydrogen-bond acceptors (Lipinski definition) is 4. The van der Waals surface area contributed by atoms with Gasteiger partial charge in [-0.1, -0.05) is 18.2 Å². The van der Waals surface area contributed by atoms with Crippen molar-refractivity contribution in [1.29, 1.82) is 0 Å². The SMILES string of the molecule is O=C(NCc1cc(Br)cs1)c1ccccc1SCc1cn2ccccc2n1. The first-order valence-electron chi connectivity index (χ1n) is 8.34. The zero-order chi connectivity index (χ0) is 18.6. The van der Waals surface area contributed by atoms with Gasteiger partial charge < -0.3 is 9.72 Å². The number of carbonyl (C=O) groups is 1. The Bertz CT molecular complexity index is 1060. The third-order valence-electron chi connectivity index (χ3n) is 3.97. The minimum atomic E-state index is -0.0578. The van der Waals surface area contributed by atoms with Gasteiger partial charge in [-0.15, -0.1) is 23.1 Å². The van der Waals surface area contributed by atoms with E-state index in [1.807, 2.05) is 70.7 Å². The summed E-state index contributed by atoms with van der Waals surface area (Å²) >= 11 is 6.69. The fourth-order valence-corrected chi connectivity index (χ4v) is 5.02. The molecule has 0 aliphatic carbocycles. The zero-order valence-electron chi connectivity index (χ0n) is 14.3. The molecule has 0 saturated carbocycles. The van der Waals surface area contributed by atoms with Crippen LogP contribution in [0.25, 0.3) is 5.65 Å². The number of thioether (sulfide) groups is 1. The number of carbonyl (C=O) groups excluding carboxylic acids is 1. The third-order valence-corrected chi connectivity index (χ3v) is 6.77. The van der Waals surface area contributed by atoms with Crippen LogP contribution in [0.3, 0.4) is 0 Å². The second kappa shape index (κ2) is 8.29. The van der Waals surface area contributed by atoms with E-state index < -0.39 is 0 Å². The molecule has 1 amide bonds. The Morgan fingerprint density at radius 1 is 1.22 bits per heavy atom. The van der Waals surface area contributed by atoms with E-state index in [2.05, 4.69) is 26.2 Å². The molecule has 0 spiro atoms. The van der Waals surface area contributed by atoms with Gasteiger partial charge in [0.05, 0.1) is 17.8 Å². The summed E-state index contributed by atoms with van der Waals surface area (Å²) in [6.45, 7) is 0.528. The van der Waals surface area contributed by atoms with E-state index in [1.54, 1.807) is 23.1 Å². The number of nitrogens with zero attached hydrogens (tertiary/aromatic N) is 2. The number of halogens is 1. The van der Waals surface area contributed by atoms with Gasteiger partial charge in [-0.2, -0.15) is 0 Å². The fourth-order valence-electron chi connectivity index (χ4n) is 2.70. The summed E-state index contributed by atoms with van der Waals surface area (Å²) in [5.41, 5.74) is 2.62. The minimum Gasteiger partial charge on any atom is -0.347 e. The summed E-state index contributed by atoms with van der Waals surface area (Å²) in [5.74, 6) is 0.654. The van der Waals surface area contributed by atoms with Gasteiger partial charge in [0.25, 0.3) is 5.91 Å². The number of hydrogen-bond donors (Lipinski definition) is 1. The molecule has 4 rings (SSSR count). The van der Waals surface area contributed by atoms with Crippen LogP contribution in [0.4, 0.5) is 0 Å². The van der Waals surface area contributed by atoms with E-state index in [9.17, 15) is 4.79 Å². The predicted molar refractivity (Wildman–Crippen MR) is 114 cm³/mol. The maximum absolute atomic E-state index is 12.6. The summed E-state index contributed by atoms with van der Waals surface area (Å²) < 4.78 is 3.05. The molecule has 0 fully saturated rings. The molecule has 4 aromatic rings. The van der Waals surface area contributed by atoms with E-state index in [1.165, 1.54) is 0 Å². The lowest BCUT2D eigenvalue weighted by Crippen LogP contribution is -2.22. The molecule has 3 heterocycles. The van der Waals surface area contributed by atoms with Gasteiger partial charge in [-0.3, -0.25) is 4.79 Å². The molecule has 136 valence electrons. The quantitative estimate of drug-likeness (QED) is 0.395. The van der Waals surface area contributed by atoms with Crippen molar-refractivity contribution in [1.82, 2.24) is 14.7 Å². The normalized spacial score (nSPS) is 11.0. The maximum atomic E-state index is 12.6. The number of fused-ring (bicyclic) bond motifs is 1. The van der Waals surface area contributed by atoms with E-state index in [-0.39, 0.29) is 5.91 Å². The molecule has 0 saturated heterocycles. The standard InChI is InChI=1S/C20H16BrN3OS2/c21-14-9-16(26-12-14)10-22-20(25)17-5-1-2-6-18(17)27-13-15-11-24-8-4-3-7-19(24)23-15/h1-9,11-12H,10,13H2,(H,22,25). The summed E-state index contributed by atoms with van der Waals surface area (Å²) in [7, 11) is 0. The average Bonchev–Trinajstić information content (AvgIpc) is 3.30. The molecular weight excluding hydrogens is 442 g/mol. The monoisotopic (exact) mass is 457 g/mol.